The number of thioether (sulfide) groups is 2. The monoisotopic (exact) mass is 1040 g/mol. The highest BCUT2D eigenvalue weighted by Crippen LogP contribution is 2.39. The van der Waals surface area contributed by atoms with Gasteiger partial charge in [0.1, 0.15) is 24.0 Å². The summed E-state index contributed by atoms with van der Waals surface area (Å²) in [6, 6.07) is 8.56. The molecule has 23 N–H and O–H groups in total. The van der Waals surface area contributed by atoms with Crippen LogP contribution >= 0.6 is 23.5 Å². The molecule has 25 heteroatoms. The highest BCUT2D eigenvalue weighted by Gasteiger charge is 2.25. The Morgan fingerprint density at radius 2 is 1.00 bits per heavy atom. The lowest BCUT2D eigenvalue weighted by Gasteiger charge is -2.22. The molecule has 3 aromatic carbocycles. The molecule has 0 spiro atoms. The Morgan fingerprint density at radius 3 is 1.36 bits per heavy atom. The summed E-state index contributed by atoms with van der Waals surface area (Å²) in [6.07, 6.45) is 0.847. The second-order valence-electron chi connectivity index (χ2n) is 16.6. The number of nitrogens with one attached hydrogen (secondary N) is 9. The van der Waals surface area contributed by atoms with Crippen LogP contribution in [0.1, 0.15) is 94.8 Å². The fourth-order valence-electron chi connectivity index (χ4n) is 6.45. The van der Waals surface area contributed by atoms with Crippen LogP contribution in [0.25, 0.3) is 0 Å². The lowest BCUT2D eigenvalue weighted by molar-refractivity contribution is 0.0367. The molecule has 3 aromatic rings. The van der Waals surface area contributed by atoms with Crippen molar-refractivity contribution in [3.8, 4) is 5.75 Å². The van der Waals surface area contributed by atoms with E-state index in [1.807, 2.05) is 0 Å². The number of esters is 2. The molecule has 394 valence electrons. The Balaban J connectivity index is 2.15. The van der Waals surface area contributed by atoms with E-state index in [-0.39, 0.29) is 94.6 Å². The molecule has 0 bridgehead atoms. The first-order valence-corrected chi connectivity index (χ1v) is 25.2. The van der Waals surface area contributed by atoms with Gasteiger partial charge in [-0.2, -0.15) is 0 Å². The molecule has 0 aliphatic rings. The molecule has 0 fully saturated rings. The molecule has 0 heterocycles. The zero-order valence-corrected chi connectivity index (χ0v) is 42.9. The van der Waals surface area contributed by atoms with Crippen molar-refractivity contribution in [3.63, 3.8) is 0 Å². The second-order valence-corrected chi connectivity index (χ2v) is 18.9. The molecular formula is C47H72N16O7S2. The summed E-state index contributed by atoms with van der Waals surface area (Å²) < 4.78 is 16.9. The van der Waals surface area contributed by atoms with E-state index in [4.69, 9.17) is 70.6 Å². The number of rotatable bonds is 30. The highest BCUT2D eigenvalue weighted by atomic mass is 32.2. The Kier molecular flexibility index (Phi) is 25.1. The molecule has 0 saturated carbocycles. The fraction of sp³-hybridized carbons (Fsp3) is 0.426. The van der Waals surface area contributed by atoms with Gasteiger partial charge in [-0.3, -0.25) is 25.8 Å². The number of nitrogens with two attached hydrogens (primary N) is 7. The van der Waals surface area contributed by atoms with Gasteiger partial charge in [0.05, 0.1) is 73.8 Å². The molecular weight excluding hydrogens is 965 g/mol. The SMILES string of the molecule is C=C(N)NCCC[C@@H](N)C(=N)Nc1cc(C(=O)OC(C)C)cc(NC(=O)c2cc(OCCN)cc(C(=O)Nc3cc(C(=O)OC(C)C)cc(NC(=N)[C@H](N)CCCNC(=N)N)c3SCCN)c2)c1SCCN. The van der Waals surface area contributed by atoms with Crippen LogP contribution in [0.4, 0.5) is 22.7 Å². The summed E-state index contributed by atoms with van der Waals surface area (Å²) in [5.41, 5.74) is 42.3. The summed E-state index contributed by atoms with van der Waals surface area (Å²) in [5, 5.41) is 42.5. The molecule has 0 radical (unpaired) electrons. The van der Waals surface area contributed by atoms with Crippen LogP contribution in [-0.2, 0) is 9.47 Å². The minimum atomic E-state index is -0.779. The molecule has 23 nitrogen and oxygen atoms in total. The van der Waals surface area contributed by atoms with Gasteiger partial charge in [-0.05, 0) is 95.8 Å². The lowest BCUT2D eigenvalue weighted by Crippen LogP contribution is -2.37. The summed E-state index contributed by atoms with van der Waals surface area (Å²) in [4.78, 5) is 56.7. The second kappa shape index (κ2) is 30.3. The zero-order chi connectivity index (χ0) is 53.5. The van der Waals surface area contributed by atoms with Crippen molar-refractivity contribution in [3.05, 3.63) is 77.1 Å². The van der Waals surface area contributed by atoms with Gasteiger partial charge in [0.2, 0.25) is 0 Å². The maximum Gasteiger partial charge on any atom is 0.338 e. The maximum absolute atomic E-state index is 14.5. The van der Waals surface area contributed by atoms with Crippen molar-refractivity contribution in [2.45, 2.75) is 87.5 Å². The minimum absolute atomic E-state index is 0.0320. The normalized spacial score (nSPS) is 11.8. The highest BCUT2D eigenvalue weighted by molar-refractivity contribution is 7.99. The van der Waals surface area contributed by atoms with Crippen LogP contribution in [0.5, 0.6) is 5.75 Å². The Morgan fingerprint density at radius 1 is 0.597 bits per heavy atom. The Bertz CT molecular complexity index is 2250. The number of ether oxygens (including phenoxy) is 3. The topological polar surface area (TPSA) is 422 Å². The van der Waals surface area contributed by atoms with Gasteiger partial charge in [-0.25, -0.2) is 9.59 Å². The summed E-state index contributed by atoms with van der Waals surface area (Å²) in [7, 11) is 0. The number of hydrogen-bond acceptors (Lipinski definition) is 19. The summed E-state index contributed by atoms with van der Waals surface area (Å²) >= 11 is 2.51. The van der Waals surface area contributed by atoms with Gasteiger partial charge >= 0.3 is 11.9 Å². The fourth-order valence-corrected chi connectivity index (χ4v) is 8.16. The average Bonchev–Trinajstić information content (AvgIpc) is 3.31. The van der Waals surface area contributed by atoms with Crippen molar-refractivity contribution < 1.29 is 33.4 Å². The van der Waals surface area contributed by atoms with Crippen LogP contribution in [-0.4, -0.2) is 117 Å². The number of amidine groups is 2. The van der Waals surface area contributed by atoms with Gasteiger partial charge in [0.15, 0.2) is 5.96 Å². The number of amides is 2. The average molecular weight is 1040 g/mol. The zero-order valence-electron chi connectivity index (χ0n) is 41.3. The van der Waals surface area contributed by atoms with Crippen LogP contribution in [0.3, 0.4) is 0 Å². The third-order valence-electron chi connectivity index (χ3n) is 9.71. The molecule has 2 amide bonds. The molecule has 2 atom stereocenters. The van der Waals surface area contributed by atoms with Gasteiger partial charge in [-0.15, -0.1) is 23.5 Å². The smallest absolute Gasteiger partial charge is 0.338 e. The number of guanidine groups is 1. The number of benzene rings is 3. The van der Waals surface area contributed by atoms with Gasteiger partial charge in [0.25, 0.3) is 11.8 Å². The van der Waals surface area contributed by atoms with Crippen molar-refractivity contribution >= 4 is 87.7 Å². The van der Waals surface area contributed by atoms with E-state index in [0.29, 0.717) is 65.9 Å². The third-order valence-corrected chi connectivity index (χ3v) is 12.0. The van der Waals surface area contributed by atoms with Crippen LogP contribution < -0.4 is 76.8 Å². The van der Waals surface area contributed by atoms with Crippen molar-refractivity contribution in [1.29, 1.82) is 16.2 Å². The summed E-state index contributed by atoms with van der Waals surface area (Å²) in [5.74, 6) is -1.99. The number of carbonyl (C=O) groups excluding carboxylic acids is 4. The molecule has 0 aliphatic heterocycles. The Labute approximate surface area is 428 Å². The van der Waals surface area contributed by atoms with E-state index in [0.717, 1.165) is 0 Å². The molecule has 0 aromatic heterocycles. The third kappa shape index (κ3) is 19.9. The van der Waals surface area contributed by atoms with E-state index < -0.39 is 48.0 Å². The quantitative estimate of drug-likeness (QED) is 0.0150. The predicted molar refractivity (Wildman–Crippen MR) is 289 cm³/mol. The number of hydrogen-bond donors (Lipinski definition) is 16. The predicted octanol–water partition coefficient (Wildman–Crippen LogP) is 3.26. The molecule has 3 rings (SSSR count). The van der Waals surface area contributed by atoms with E-state index in [2.05, 4.69) is 38.5 Å². The lowest BCUT2D eigenvalue weighted by atomic mass is 10.1. The van der Waals surface area contributed by atoms with Gasteiger partial charge in [-0.1, -0.05) is 6.58 Å². The van der Waals surface area contributed by atoms with Crippen molar-refractivity contribution in [1.82, 2.24) is 10.6 Å². The van der Waals surface area contributed by atoms with Gasteiger partial charge < -0.3 is 86.2 Å². The minimum Gasteiger partial charge on any atom is -0.492 e. The number of carbonyl (C=O) groups is 4. The number of anilines is 4. The first-order chi connectivity index (χ1) is 34.2. The first-order valence-electron chi connectivity index (χ1n) is 23.2. The summed E-state index contributed by atoms with van der Waals surface area (Å²) in [6.45, 7) is 11.9. The largest absolute Gasteiger partial charge is 0.492 e. The molecule has 0 aliphatic carbocycles. The standard InChI is InChI=1S/C47H72N16O7S2/c1-25(2)69-45(66)30-21-35(60-41(54)33(52)8-6-13-58-27(5)51)39(71-16-11-49)37(23-30)62-43(64)28-18-29(20-32(19-28)68-15-10-48)44(65)63-38-24-31(46(67)70-26(3)4)22-36(40(38)72-17-12-50)61-42(55)34(53)9-7-14-59-47(56)57/h18-26,33-34,58H,5-17,48-53H2,1-4H3,(H2,54,60)(H2,55,61)(H,62,64)(H,63,65)(H4,56,57,59)/t33-,34-/m1/s1. The van der Waals surface area contributed by atoms with Crippen LogP contribution in [0.2, 0.25) is 0 Å². The van der Waals surface area contributed by atoms with E-state index >= 15 is 0 Å². The molecule has 0 saturated heterocycles. The van der Waals surface area contributed by atoms with Gasteiger partial charge in [0, 0.05) is 55.4 Å². The maximum atomic E-state index is 14.5. The van der Waals surface area contributed by atoms with Crippen molar-refractivity contribution in [2.24, 2.45) is 40.1 Å². The molecule has 72 heavy (non-hydrogen) atoms. The van der Waals surface area contributed by atoms with E-state index in [1.54, 1.807) is 27.7 Å². The Hall–Kier alpha value is -6.61. The van der Waals surface area contributed by atoms with Crippen molar-refractivity contribution in [2.75, 3.05) is 72.1 Å². The molecule has 0 unspecified atom stereocenters. The first kappa shape index (κ1) is 59.7. The van der Waals surface area contributed by atoms with Crippen LogP contribution in [0, 0.1) is 16.2 Å². The van der Waals surface area contributed by atoms with E-state index in [9.17, 15) is 19.2 Å². The van der Waals surface area contributed by atoms with E-state index in [1.165, 1.54) is 66.0 Å². The van der Waals surface area contributed by atoms with Crippen LogP contribution in [0.15, 0.2) is 64.7 Å².